The van der Waals surface area contributed by atoms with Crippen molar-refractivity contribution in [1.29, 1.82) is 0 Å². The zero-order valence-electron chi connectivity index (χ0n) is 10.3. The van der Waals surface area contributed by atoms with Gasteiger partial charge in [-0.3, -0.25) is 4.57 Å². The zero-order valence-corrected chi connectivity index (χ0v) is 11.0. The van der Waals surface area contributed by atoms with E-state index in [9.17, 15) is 20.1 Å². The van der Waals surface area contributed by atoms with E-state index in [2.05, 4.69) is 4.98 Å². The average molecular weight is 304 g/mol. The molecule has 5 N–H and O–H groups in total. The van der Waals surface area contributed by atoms with E-state index in [1.54, 1.807) is 0 Å². The Labute approximate surface area is 118 Å². The molecule has 0 aromatic carbocycles. The molecule has 2 heterocycles. The van der Waals surface area contributed by atoms with Crippen LogP contribution in [0.2, 0.25) is 0 Å². The Bertz CT molecular complexity index is 577. The van der Waals surface area contributed by atoms with Crippen LogP contribution < -0.4 is 11.4 Å². The van der Waals surface area contributed by atoms with E-state index >= 15 is 0 Å². The van der Waals surface area contributed by atoms with Gasteiger partial charge in [-0.15, -0.1) is 0 Å². The van der Waals surface area contributed by atoms with Crippen LogP contribution in [0.5, 0.6) is 0 Å². The first-order valence-corrected chi connectivity index (χ1v) is 6.16. The van der Waals surface area contributed by atoms with Crippen molar-refractivity contribution in [2.75, 3.05) is 12.3 Å². The molecule has 4 atom stereocenters. The van der Waals surface area contributed by atoms with Crippen molar-refractivity contribution in [2.24, 2.45) is 0 Å². The third-order valence-electron chi connectivity index (χ3n) is 3.17. The molecule has 110 valence electrons. The summed E-state index contributed by atoms with van der Waals surface area (Å²) >= 11 is 5.45. The second-order valence-electron chi connectivity index (χ2n) is 4.39. The summed E-state index contributed by atoms with van der Waals surface area (Å²) in [4.78, 5) is 15.2. The quantitative estimate of drug-likeness (QED) is 0.538. The van der Waals surface area contributed by atoms with Crippen LogP contribution in [0.1, 0.15) is 6.23 Å². The molecule has 1 aromatic heterocycles. The molecule has 1 aliphatic heterocycles. The van der Waals surface area contributed by atoms with Gasteiger partial charge in [0.05, 0.1) is 6.61 Å². The van der Waals surface area contributed by atoms with Crippen LogP contribution in [-0.2, 0) is 4.74 Å². The van der Waals surface area contributed by atoms with Crippen molar-refractivity contribution in [3.63, 3.8) is 0 Å². The van der Waals surface area contributed by atoms with Gasteiger partial charge in [-0.25, -0.2) is 4.79 Å². The van der Waals surface area contributed by atoms with Crippen LogP contribution in [0.3, 0.4) is 0 Å². The monoisotopic (exact) mass is 303 g/mol. The van der Waals surface area contributed by atoms with Gasteiger partial charge in [0.15, 0.2) is 6.23 Å². The number of hydrogen-bond acceptors (Lipinski definition) is 7. The molecule has 1 aliphatic rings. The van der Waals surface area contributed by atoms with Gasteiger partial charge in [-0.05, 0) is 12.1 Å². The molecule has 1 saturated heterocycles. The molecule has 0 bridgehead atoms. The van der Waals surface area contributed by atoms with Gasteiger partial charge in [0.2, 0.25) is 0 Å². The maximum absolute atomic E-state index is 11.7. The maximum Gasteiger partial charge on any atom is 0.351 e. The van der Waals surface area contributed by atoms with Crippen LogP contribution >= 0.6 is 11.6 Å². The lowest BCUT2D eigenvalue weighted by Crippen LogP contribution is -2.44. The Balaban J connectivity index is 2.42. The number of ether oxygens (including phenoxy) is 1. The lowest BCUT2D eigenvalue weighted by atomic mass is 9.96. The number of nitrogen functional groups attached to an aromatic ring is 1. The molecule has 0 unspecified atom stereocenters. The fourth-order valence-electron chi connectivity index (χ4n) is 2.08. The number of aliphatic hydroxyl groups excluding tert-OH is 3. The number of rotatable bonds is 3. The summed E-state index contributed by atoms with van der Waals surface area (Å²) in [7, 11) is 0. The Morgan fingerprint density at radius 3 is 2.85 bits per heavy atom. The van der Waals surface area contributed by atoms with Crippen molar-refractivity contribution in [1.82, 2.24) is 9.55 Å². The molecule has 0 radical (unpaired) electrons. The molecular formula is C11H14ClN3O5. The fraction of sp³-hybridized carbons (Fsp3) is 0.455. The van der Waals surface area contributed by atoms with Gasteiger partial charge in [0.1, 0.15) is 23.6 Å². The molecule has 8 nitrogen and oxygen atoms in total. The lowest BCUT2D eigenvalue weighted by molar-refractivity contribution is -0.0993. The standard InChI is InChI=1S/C11H14ClN3O5/c12-3-2-11(5-16)8(18)7(17)9(20-11)15-4-1-6(13)14-10(15)19/h1-4,7-9,16-18H,5H2,(H2,13,14,19)/b3-2-/t7-,8+,9-,11-/m1/s1. The van der Waals surface area contributed by atoms with E-state index in [-0.39, 0.29) is 5.82 Å². The Morgan fingerprint density at radius 2 is 2.30 bits per heavy atom. The van der Waals surface area contributed by atoms with Crippen LogP contribution in [0, 0.1) is 0 Å². The SMILES string of the molecule is Nc1ccn([C@@H]2O[C@](/C=C\Cl)(CO)[C@@H](O)[C@H]2O)c(=O)n1. The molecule has 0 aliphatic carbocycles. The smallest absolute Gasteiger partial charge is 0.351 e. The molecule has 1 aromatic rings. The number of nitrogens with zero attached hydrogens (tertiary/aromatic N) is 2. The van der Waals surface area contributed by atoms with Gasteiger partial charge in [-0.2, -0.15) is 4.98 Å². The first-order chi connectivity index (χ1) is 9.45. The summed E-state index contributed by atoms with van der Waals surface area (Å²) in [6.07, 6.45) is -1.64. The van der Waals surface area contributed by atoms with Gasteiger partial charge in [0.25, 0.3) is 0 Å². The van der Waals surface area contributed by atoms with Gasteiger partial charge in [0, 0.05) is 11.7 Å². The molecule has 0 spiro atoms. The third kappa shape index (κ3) is 2.32. The predicted octanol–water partition coefficient (Wildman–Crippen LogP) is -1.44. The highest BCUT2D eigenvalue weighted by Crippen LogP contribution is 2.37. The van der Waals surface area contributed by atoms with Gasteiger partial charge in [-0.1, -0.05) is 11.6 Å². The number of aromatic nitrogens is 2. The minimum Gasteiger partial charge on any atom is -0.393 e. The van der Waals surface area contributed by atoms with Crippen molar-refractivity contribution in [3.8, 4) is 0 Å². The number of hydrogen-bond donors (Lipinski definition) is 4. The minimum absolute atomic E-state index is 0.0216. The van der Waals surface area contributed by atoms with Crippen LogP contribution in [0.4, 0.5) is 5.82 Å². The molecule has 1 fully saturated rings. The van der Waals surface area contributed by atoms with Crippen LogP contribution in [0.15, 0.2) is 28.7 Å². The van der Waals surface area contributed by atoms with E-state index in [4.69, 9.17) is 22.1 Å². The van der Waals surface area contributed by atoms with E-state index in [1.165, 1.54) is 18.3 Å². The Hall–Kier alpha value is -1.45. The normalized spacial score (nSPS) is 33.9. The predicted molar refractivity (Wildman–Crippen MR) is 69.9 cm³/mol. The van der Waals surface area contributed by atoms with Gasteiger partial charge < -0.3 is 25.8 Å². The highest BCUT2D eigenvalue weighted by Gasteiger charge is 2.53. The number of anilines is 1. The van der Waals surface area contributed by atoms with E-state index in [1.807, 2.05) is 0 Å². The molecule has 20 heavy (non-hydrogen) atoms. The third-order valence-corrected chi connectivity index (χ3v) is 3.30. The molecule has 0 amide bonds. The largest absolute Gasteiger partial charge is 0.393 e. The summed E-state index contributed by atoms with van der Waals surface area (Å²) < 4.78 is 6.41. The van der Waals surface area contributed by atoms with Crippen LogP contribution in [0.25, 0.3) is 0 Å². The second-order valence-corrected chi connectivity index (χ2v) is 4.64. The first kappa shape index (κ1) is 14.9. The fourth-order valence-corrected chi connectivity index (χ4v) is 2.29. The van der Waals surface area contributed by atoms with Crippen molar-refractivity contribution >= 4 is 17.4 Å². The molecule has 2 rings (SSSR count). The lowest BCUT2D eigenvalue weighted by Gasteiger charge is -2.25. The molecule has 9 heteroatoms. The number of halogens is 1. The summed E-state index contributed by atoms with van der Waals surface area (Å²) in [5.41, 5.74) is 4.09. The maximum atomic E-state index is 11.7. The molecule has 0 saturated carbocycles. The summed E-state index contributed by atoms with van der Waals surface area (Å²) in [5.74, 6) is 0.0216. The van der Waals surface area contributed by atoms with E-state index < -0.39 is 36.3 Å². The summed E-state index contributed by atoms with van der Waals surface area (Å²) in [5, 5.41) is 29.4. The zero-order chi connectivity index (χ0) is 14.9. The minimum atomic E-state index is -1.59. The van der Waals surface area contributed by atoms with Crippen molar-refractivity contribution < 1.29 is 20.1 Å². The van der Waals surface area contributed by atoms with E-state index in [0.717, 1.165) is 10.1 Å². The van der Waals surface area contributed by atoms with Crippen molar-refractivity contribution in [3.05, 3.63) is 34.4 Å². The highest BCUT2D eigenvalue weighted by atomic mass is 35.5. The second kappa shape index (κ2) is 5.51. The number of nitrogens with two attached hydrogens (primary N) is 1. The topological polar surface area (TPSA) is 131 Å². The van der Waals surface area contributed by atoms with Crippen LogP contribution in [-0.4, -0.2) is 49.3 Å². The van der Waals surface area contributed by atoms with E-state index in [0.29, 0.717) is 0 Å². The number of aliphatic hydroxyl groups is 3. The summed E-state index contributed by atoms with van der Waals surface area (Å²) in [6.45, 7) is -0.623. The Morgan fingerprint density at radius 1 is 1.60 bits per heavy atom. The highest BCUT2D eigenvalue weighted by molar-refractivity contribution is 6.25. The van der Waals surface area contributed by atoms with Crippen molar-refractivity contribution in [2.45, 2.75) is 24.0 Å². The van der Waals surface area contributed by atoms with Gasteiger partial charge >= 0.3 is 5.69 Å². The average Bonchev–Trinajstić information content (AvgIpc) is 2.65. The summed E-state index contributed by atoms with van der Waals surface area (Å²) in [6, 6.07) is 1.35. The molecular weight excluding hydrogens is 290 g/mol. The first-order valence-electron chi connectivity index (χ1n) is 5.72. The Kier molecular flexibility index (Phi) is 4.11.